The fourth-order valence-electron chi connectivity index (χ4n) is 5.36. The lowest BCUT2D eigenvalue weighted by Crippen LogP contribution is -2.35. The zero-order chi connectivity index (χ0) is 39.5. The maximum atomic E-state index is 14.1. The molecule has 3 aromatic rings. The number of benzene rings is 1. The van der Waals surface area contributed by atoms with Gasteiger partial charge in [0, 0.05) is 22.8 Å². The molecule has 1 saturated heterocycles. The second-order valence-electron chi connectivity index (χ2n) is 11.3. The largest absolute Gasteiger partial charge is 0.748 e. The molecule has 18 nitrogen and oxygen atoms in total. The molecule has 1 amide bonds. The van der Waals surface area contributed by atoms with Crippen LogP contribution in [0.2, 0.25) is 0 Å². The number of carbonyl (C=O) groups excluding carboxylic acids is 1. The first-order valence-electron chi connectivity index (χ1n) is 15.7. The molecule has 0 saturated carbocycles. The molecule has 2 aliphatic rings. The summed E-state index contributed by atoms with van der Waals surface area (Å²) in [5, 5.41) is 28.5. The lowest BCUT2D eigenvalue weighted by Gasteiger charge is -2.21. The van der Waals surface area contributed by atoms with Crippen molar-refractivity contribution in [1.82, 2.24) is 14.0 Å². The number of aliphatic carboxylic acids is 3. The molecule has 2 aliphatic heterocycles. The van der Waals surface area contributed by atoms with E-state index in [1.807, 2.05) is 18.2 Å². The summed E-state index contributed by atoms with van der Waals surface area (Å²) in [6, 6.07) is 7.25. The van der Waals surface area contributed by atoms with Gasteiger partial charge in [-0.25, -0.2) is 13.2 Å². The fraction of sp³-hybridized carbons (Fsp3) is 0.323. The summed E-state index contributed by atoms with van der Waals surface area (Å²) in [4.78, 5) is 78.8. The summed E-state index contributed by atoms with van der Waals surface area (Å²) in [6.45, 7) is -1.18. The Morgan fingerprint density at radius 2 is 1.67 bits per heavy atom. The Bertz CT molecular complexity index is 2550. The Morgan fingerprint density at radius 1 is 0.963 bits per heavy atom. The number of allylic oxidation sites excluding steroid dienone is 1. The number of nitrogens with zero attached hydrogens (tertiary/aromatic N) is 4. The number of carboxylic acid groups (broad SMARTS) is 3. The Balaban J connectivity index is 1.78. The third kappa shape index (κ3) is 9.05. The number of carbonyl (C=O) groups is 4. The quantitative estimate of drug-likeness (QED) is 0.104. The minimum atomic E-state index is -4.48. The SMILES string of the molecule is CCC(C=C1Sc2ccccc2N1CCCS(=O)(=O)[O-])=c1o/c(=c2/s/c(=C3/SC(=S)N(CC(=O)O)C3=O)n(CC(=O)O)c2=O)n(CCOCC(=O)O)c1=O. The highest BCUT2D eigenvalue weighted by atomic mass is 32.2. The van der Waals surface area contributed by atoms with Crippen LogP contribution in [-0.4, -0.2) is 103 Å². The van der Waals surface area contributed by atoms with Crippen LogP contribution < -0.4 is 26.1 Å². The molecule has 0 atom stereocenters. The van der Waals surface area contributed by atoms with Crippen molar-refractivity contribution in [3.8, 4) is 0 Å². The van der Waals surface area contributed by atoms with Crippen LogP contribution in [0.1, 0.15) is 19.8 Å². The highest BCUT2D eigenvalue weighted by Gasteiger charge is 2.36. The summed E-state index contributed by atoms with van der Waals surface area (Å²) in [5.74, 6) is -5.57. The average molecular weight is 842 g/mol. The maximum absolute atomic E-state index is 14.1. The predicted molar refractivity (Wildman–Crippen MR) is 198 cm³/mol. The van der Waals surface area contributed by atoms with Gasteiger partial charge in [-0.3, -0.25) is 38.0 Å². The van der Waals surface area contributed by atoms with E-state index in [1.165, 1.54) is 11.8 Å². The van der Waals surface area contributed by atoms with Crippen molar-refractivity contribution in [3.63, 3.8) is 0 Å². The Kier molecular flexibility index (Phi) is 12.7. The van der Waals surface area contributed by atoms with Gasteiger partial charge in [-0.2, -0.15) is 0 Å². The maximum Gasteiger partial charge on any atom is 0.329 e. The number of rotatable bonds is 15. The van der Waals surface area contributed by atoms with Gasteiger partial charge in [0.05, 0.1) is 34.0 Å². The lowest BCUT2D eigenvalue weighted by atomic mass is 10.2. The topological polar surface area (TPSA) is 259 Å². The third-order valence-electron chi connectivity index (χ3n) is 7.66. The van der Waals surface area contributed by atoms with Gasteiger partial charge in [0.1, 0.15) is 33.6 Å². The zero-order valence-corrected chi connectivity index (χ0v) is 32.0. The van der Waals surface area contributed by atoms with Crippen molar-refractivity contribution in [2.45, 2.75) is 37.8 Å². The number of para-hydroxylation sites is 1. The molecular weight excluding hydrogens is 813 g/mol. The predicted octanol–water partition coefficient (Wildman–Crippen LogP) is 0.140. The first kappa shape index (κ1) is 40.7. The van der Waals surface area contributed by atoms with Crippen LogP contribution in [0, 0.1) is 10.1 Å². The van der Waals surface area contributed by atoms with Gasteiger partial charge in [0.15, 0.2) is 9.95 Å². The molecule has 0 bridgehead atoms. The number of ether oxygens (including phenoxy) is 1. The molecule has 23 heteroatoms. The van der Waals surface area contributed by atoms with Crippen LogP contribution in [0.4, 0.5) is 5.69 Å². The molecule has 0 unspecified atom stereocenters. The lowest BCUT2D eigenvalue weighted by molar-refractivity contribution is -0.142. The molecule has 5 rings (SSSR count). The number of thioether (sulfide) groups is 2. The Hall–Kier alpha value is -4.52. The van der Waals surface area contributed by atoms with E-state index in [-0.39, 0.29) is 61.9 Å². The van der Waals surface area contributed by atoms with E-state index in [0.29, 0.717) is 33.7 Å². The van der Waals surface area contributed by atoms with Gasteiger partial charge in [-0.15, -0.1) is 11.3 Å². The second-order valence-corrected chi connectivity index (χ2v) is 16.6. The van der Waals surface area contributed by atoms with Crippen LogP contribution in [-0.2, 0) is 47.1 Å². The standard InChI is InChI=1S/C31H30N4O14S5/c1-2-16(12-19-32(8-5-11-54(45,46)47)17-6-3-4-7-18(17)51-19)23-26(42)33(9-10-48-15-22(40)41)29(49-23)24-27(43)34(13-20(36)37)30(52-24)25-28(44)35(14-21(38)39)31(50)53-25/h3-4,6-7,12H,2,5,8-11,13-15H2,1H3,(H,36,37)(H,38,39)(H,40,41)(H,45,46,47)/p-1/b19-12?,23-16?,29-24+,30-25+. The summed E-state index contributed by atoms with van der Waals surface area (Å²) in [5.41, 5.74) is -1.23. The van der Waals surface area contributed by atoms with E-state index < -0.39 is 70.5 Å². The molecule has 2 aromatic heterocycles. The minimum absolute atomic E-state index is 0.00941. The third-order valence-corrected chi connectivity index (χ3v) is 12.3. The summed E-state index contributed by atoms with van der Waals surface area (Å²) >= 11 is 7.79. The van der Waals surface area contributed by atoms with Gasteiger partial charge in [-0.1, -0.05) is 54.8 Å². The molecule has 1 aromatic carbocycles. The van der Waals surface area contributed by atoms with Crippen molar-refractivity contribution in [1.29, 1.82) is 0 Å². The van der Waals surface area contributed by atoms with E-state index in [1.54, 1.807) is 24.0 Å². The van der Waals surface area contributed by atoms with Gasteiger partial charge in [0.25, 0.3) is 17.0 Å². The summed E-state index contributed by atoms with van der Waals surface area (Å²) in [7, 11) is -4.48. The number of amides is 1. The molecule has 54 heavy (non-hydrogen) atoms. The van der Waals surface area contributed by atoms with E-state index in [4.69, 9.17) is 26.5 Å². The Labute approximate surface area is 321 Å². The first-order chi connectivity index (χ1) is 25.5. The van der Waals surface area contributed by atoms with Crippen molar-refractivity contribution in [3.05, 3.63) is 76.2 Å². The zero-order valence-electron chi connectivity index (χ0n) is 27.9. The Morgan fingerprint density at radius 3 is 2.31 bits per heavy atom. The molecular formula is C31H29N4O14S5-. The van der Waals surface area contributed by atoms with E-state index in [9.17, 15) is 52.0 Å². The second kappa shape index (κ2) is 16.9. The normalized spacial score (nSPS) is 17.4. The highest BCUT2D eigenvalue weighted by Crippen LogP contribution is 2.46. The van der Waals surface area contributed by atoms with Gasteiger partial charge in [0.2, 0.25) is 5.55 Å². The van der Waals surface area contributed by atoms with Gasteiger partial charge < -0.3 is 33.9 Å². The van der Waals surface area contributed by atoms with Crippen LogP contribution in [0.3, 0.4) is 0 Å². The number of aromatic nitrogens is 2. The molecule has 4 heterocycles. The number of hydrogen-bond acceptors (Lipinski definition) is 16. The summed E-state index contributed by atoms with van der Waals surface area (Å²) < 4.78 is 46.4. The number of anilines is 1. The molecule has 288 valence electrons. The first-order valence-corrected chi connectivity index (χ1v) is 20.1. The minimum Gasteiger partial charge on any atom is -0.748 e. The number of thiocarbonyl (C=S) groups is 1. The highest BCUT2D eigenvalue weighted by molar-refractivity contribution is 8.30. The van der Waals surface area contributed by atoms with E-state index in [0.717, 1.165) is 24.6 Å². The van der Waals surface area contributed by atoms with Crippen molar-refractivity contribution in [2.75, 3.05) is 37.0 Å². The number of hydrogen-bond donors (Lipinski definition) is 3. The van der Waals surface area contributed by atoms with E-state index >= 15 is 0 Å². The van der Waals surface area contributed by atoms with Crippen LogP contribution in [0.25, 0.3) is 10.5 Å². The number of thiazole rings is 1. The summed E-state index contributed by atoms with van der Waals surface area (Å²) in [6.07, 6.45) is 1.85. The number of carboxylic acids is 3. The molecule has 0 radical (unpaired) electrons. The molecule has 3 N–H and O–H groups in total. The van der Waals surface area contributed by atoms with Crippen molar-refractivity contribution >= 4 is 101 Å². The van der Waals surface area contributed by atoms with Crippen LogP contribution in [0.5, 0.6) is 0 Å². The van der Waals surface area contributed by atoms with Gasteiger partial charge >= 0.3 is 17.9 Å². The molecule has 0 spiro atoms. The molecule has 0 aliphatic carbocycles. The van der Waals surface area contributed by atoms with Crippen LogP contribution >= 0.6 is 47.1 Å². The average Bonchev–Trinajstić information content (AvgIpc) is 3.79. The number of fused-ring (bicyclic) bond motifs is 1. The molecule has 1 fully saturated rings. The van der Waals surface area contributed by atoms with E-state index in [2.05, 4.69) is 0 Å². The number of oxazole rings is 1. The van der Waals surface area contributed by atoms with Crippen molar-refractivity contribution in [2.24, 2.45) is 0 Å². The van der Waals surface area contributed by atoms with Crippen LogP contribution in [0.15, 0.2) is 54.3 Å². The van der Waals surface area contributed by atoms with Gasteiger partial charge in [-0.05, 0) is 31.1 Å². The van der Waals surface area contributed by atoms with Crippen molar-refractivity contribution < 1.29 is 56.6 Å². The smallest absolute Gasteiger partial charge is 0.329 e. The fourth-order valence-corrected chi connectivity index (χ4v) is 9.54. The monoisotopic (exact) mass is 841 g/mol.